The summed E-state index contributed by atoms with van der Waals surface area (Å²) in [5, 5.41) is 4.08. The quantitative estimate of drug-likeness (QED) is 0.558. The van der Waals surface area contributed by atoms with Crippen molar-refractivity contribution in [3.63, 3.8) is 0 Å². The first-order valence-electron chi connectivity index (χ1n) is 5.34. The molecule has 0 saturated carbocycles. The van der Waals surface area contributed by atoms with E-state index in [1.165, 1.54) is 19.3 Å². The summed E-state index contributed by atoms with van der Waals surface area (Å²) in [5.74, 6) is 0. The highest BCUT2D eigenvalue weighted by Gasteiger charge is 2.26. The van der Waals surface area contributed by atoms with Gasteiger partial charge in [0.1, 0.15) is 0 Å². The summed E-state index contributed by atoms with van der Waals surface area (Å²) in [4.78, 5) is 2.32. The Labute approximate surface area is 92.4 Å². The molecular formula is C11H20N2S. The second-order valence-corrected chi connectivity index (χ2v) is 4.40. The molecular weight excluding hydrogens is 192 g/mol. The summed E-state index contributed by atoms with van der Waals surface area (Å²) >= 11 is 5.36. The number of hydrogen-bond donors (Lipinski definition) is 1. The molecule has 3 heteroatoms. The predicted molar refractivity (Wildman–Crippen MR) is 65.4 cm³/mol. The van der Waals surface area contributed by atoms with Crippen molar-refractivity contribution >= 4 is 17.3 Å². The van der Waals surface area contributed by atoms with Gasteiger partial charge in [-0.05, 0) is 45.3 Å². The third-order valence-corrected chi connectivity index (χ3v) is 3.18. The van der Waals surface area contributed by atoms with Crippen molar-refractivity contribution in [3.05, 3.63) is 12.7 Å². The Morgan fingerprint density at radius 2 is 2.07 bits per heavy atom. The lowest BCUT2D eigenvalue weighted by Gasteiger charge is -2.40. The lowest BCUT2D eigenvalue weighted by Crippen LogP contribution is -2.51. The van der Waals surface area contributed by atoms with Crippen LogP contribution in [0.3, 0.4) is 0 Å². The molecule has 1 rings (SSSR count). The Balaban J connectivity index is 2.53. The fraction of sp³-hybridized carbons (Fsp3) is 0.727. The molecule has 0 aromatic rings. The van der Waals surface area contributed by atoms with Gasteiger partial charge < -0.3 is 10.2 Å². The van der Waals surface area contributed by atoms with Crippen LogP contribution in [-0.4, -0.2) is 28.6 Å². The standard InChI is InChI=1S/C11H20N2S/c1-4-8-12-11(14)13-9(2)6-5-7-10(13)3/h4,9-10H,1,5-8H2,2-3H3,(H,12,14). The maximum Gasteiger partial charge on any atom is 0.169 e. The highest BCUT2D eigenvalue weighted by molar-refractivity contribution is 7.80. The van der Waals surface area contributed by atoms with Crippen LogP contribution in [0.25, 0.3) is 0 Å². The van der Waals surface area contributed by atoms with Gasteiger partial charge in [-0.25, -0.2) is 0 Å². The summed E-state index contributed by atoms with van der Waals surface area (Å²) in [7, 11) is 0. The van der Waals surface area contributed by atoms with Crippen LogP contribution in [-0.2, 0) is 0 Å². The Morgan fingerprint density at radius 3 is 2.57 bits per heavy atom. The zero-order chi connectivity index (χ0) is 10.6. The van der Waals surface area contributed by atoms with Gasteiger partial charge in [0, 0.05) is 18.6 Å². The van der Waals surface area contributed by atoms with Crippen LogP contribution in [0.2, 0.25) is 0 Å². The molecule has 80 valence electrons. The predicted octanol–water partition coefficient (Wildman–Crippen LogP) is 2.31. The van der Waals surface area contributed by atoms with Crippen LogP contribution in [0, 0.1) is 0 Å². The van der Waals surface area contributed by atoms with Crippen molar-refractivity contribution in [1.82, 2.24) is 10.2 Å². The summed E-state index contributed by atoms with van der Waals surface area (Å²) in [6.07, 6.45) is 5.66. The van der Waals surface area contributed by atoms with Crippen molar-refractivity contribution in [3.8, 4) is 0 Å². The van der Waals surface area contributed by atoms with Crippen molar-refractivity contribution in [2.45, 2.75) is 45.2 Å². The van der Waals surface area contributed by atoms with Gasteiger partial charge in [-0.3, -0.25) is 0 Å². The van der Waals surface area contributed by atoms with Crippen LogP contribution in [0.1, 0.15) is 33.1 Å². The van der Waals surface area contributed by atoms with E-state index in [1.54, 1.807) is 0 Å². The van der Waals surface area contributed by atoms with Crippen LogP contribution < -0.4 is 5.32 Å². The van der Waals surface area contributed by atoms with Gasteiger partial charge in [0.25, 0.3) is 0 Å². The van der Waals surface area contributed by atoms with E-state index in [0.29, 0.717) is 12.1 Å². The number of hydrogen-bond acceptors (Lipinski definition) is 1. The summed E-state index contributed by atoms with van der Waals surface area (Å²) < 4.78 is 0. The molecule has 0 spiro atoms. The largest absolute Gasteiger partial charge is 0.359 e. The van der Waals surface area contributed by atoms with Gasteiger partial charge in [-0.1, -0.05) is 6.08 Å². The second kappa shape index (κ2) is 5.35. The van der Waals surface area contributed by atoms with E-state index in [0.717, 1.165) is 11.7 Å². The molecule has 2 unspecified atom stereocenters. The topological polar surface area (TPSA) is 15.3 Å². The average molecular weight is 212 g/mol. The fourth-order valence-corrected chi connectivity index (χ4v) is 2.52. The molecule has 1 fully saturated rings. The molecule has 14 heavy (non-hydrogen) atoms. The summed E-state index contributed by atoms with van der Waals surface area (Å²) in [6.45, 7) is 8.93. The molecule has 1 heterocycles. The number of rotatable bonds is 2. The molecule has 0 aromatic heterocycles. The molecule has 2 nitrogen and oxygen atoms in total. The fourth-order valence-electron chi connectivity index (χ4n) is 2.07. The Morgan fingerprint density at radius 1 is 1.50 bits per heavy atom. The monoisotopic (exact) mass is 212 g/mol. The number of nitrogens with zero attached hydrogens (tertiary/aromatic N) is 1. The minimum Gasteiger partial charge on any atom is -0.359 e. The molecule has 1 aliphatic heterocycles. The zero-order valence-electron chi connectivity index (χ0n) is 9.12. The third kappa shape index (κ3) is 2.71. The van der Waals surface area contributed by atoms with Crippen molar-refractivity contribution < 1.29 is 0 Å². The van der Waals surface area contributed by atoms with E-state index in [2.05, 4.69) is 30.6 Å². The molecule has 0 bridgehead atoms. The molecule has 1 aliphatic rings. The summed E-state index contributed by atoms with van der Waals surface area (Å²) in [6, 6.07) is 1.15. The van der Waals surface area contributed by atoms with E-state index >= 15 is 0 Å². The minimum absolute atomic E-state index is 0.573. The molecule has 0 aliphatic carbocycles. The SMILES string of the molecule is C=CCNC(=S)N1C(C)CCCC1C. The van der Waals surface area contributed by atoms with Crippen molar-refractivity contribution in [2.24, 2.45) is 0 Å². The maximum atomic E-state index is 5.36. The van der Waals surface area contributed by atoms with Crippen LogP contribution in [0.4, 0.5) is 0 Å². The number of nitrogens with one attached hydrogen (secondary N) is 1. The van der Waals surface area contributed by atoms with E-state index < -0.39 is 0 Å². The molecule has 0 aromatic carbocycles. The normalized spacial score (nSPS) is 27.1. The highest BCUT2D eigenvalue weighted by atomic mass is 32.1. The molecule has 2 atom stereocenters. The molecule has 0 amide bonds. The van der Waals surface area contributed by atoms with E-state index in [9.17, 15) is 0 Å². The maximum absolute atomic E-state index is 5.36. The van der Waals surface area contributed by atoms with Gasteiger partial charge in [0.05, 0.1) is 0 Å². The highest BCUT2D eigenvalue weighted by Crippen LogP contribution is 2.22. The lowest BCUT2D eigenvalue weighted by molar-refractivity contribution is 0.190. The van der Waals surface area contributed by atoms with E-state index in [-0.39, 0.29) is 0 Å². The first-order chi connectivity index (χ1) is 6.66. The number of likely N-dealkylation sites (tertiary alicyclic amines) is 1. The molecule has 1 saturated heterocycles. The first-order valence-corrected chi connectivity index (χ1v) is 5.74. The number of thiocarbonyl (C=S) groups is 1. The Bertz CT molecular complexity index is 205. The number of piperidine rings is 1. The molecule has 1 N–H and O–H groups in total. The van der Waals surface area contributed by atoms with Gasteiger partial charge in [-0.15, -0.1) is 6.58 Å². The smallest absolute Gasteiger partial charge is 0.169 e. The van der Waals surface area contributed by atoms with Gasteiger partial charge in [0.15, 0.2) is 5.11 Å². The Hall–Kier alpha value is -0.570. The van der Waals surface area contributed by atoms with Crippen LogP contribution in [0.5, 0.6) is 0 Å². The lowest BCUT2D eigenvalue weighted by atomic mass is 9.98. The van der Waals surface area contributed by atoms with Crippen LogP contribution in [0.15, 0.2) is 12.7 Å². The average Bonchev–Trinajstić information content (AvgIpc) is 2.14. The van der Waals surface area contributed by atoms with Crippen LogP contribution >= 0.6 is 12.2 Å². The Kier molecular flexibility index (Phi) is 4.39. The van der Waals surface area contributed by atoms with Gasteiger partial charge in [0.2, 0.25) is 0 Å². The first kappa shape index (κ1) is 11.5. The minimum atomic E-state index is 0.573. The molecule has 0 radical (unpaired) electrons. The zero-order valence-corrected chi connectivity index (χ0v) is 9.94. The van der Waals surface area contributed by atoms with E-state index in [4.69, 9.17) is 12.2 Å². The van der Waals surface area contributed by atoms with Gasteiger partial charge in [-0.2, -0.15) is 0 Å². The van der Waals surface area contributed by atoms with Crippen molar-refractivity contribution in [2.75, 3.05) is 6.54 Å². The van der Waals surface area contributed by atoms with Gasteiger partial charge >= 0.3 is 0 Å². The third-order valence-electron chi connectivity index (χ3n) is 2.83. The summed E-state index contributed by atoms with van der Waals surface area (Å²) in [5.41, 5.74) is 0. The second-order valence-electron chi connectivity index (χ2n) is 4.01. The van der Waals surface area contributed by atoms with E-state index in [1.807, 2.05) is 6.08 Å². The van der Waals surface area contributed by atoms with Crippen molar-refractivity contribution in [1.29, 1.82) is 0 Å².